The zero-order valence-electron chi connectivity index (χ0n) is 7.91. The van der Waals surface area contributed by atoms with E-state index in [9.17, 15) is 4.79 Å². The minimum absolute atomic E-state index is 0.0120. The topological polar surface area (TPSA) is 43.3 Å². The van der Waals surface area contributed by atoms with Gasteiger partial charge in [0.1, 0.15) is 5.69 Å². The molecule has 1 aromatic heterocycles. The summed E-state index contributed by atoms with van der Waals surface area (Å²) in [5.74, 6) is 0. The molecule has 0 saturated carbocycles. The zero-order valence-corrected chi connectivity index (χ0v) is 7.91. The number of hydrogen-bond acceptors (Lipinski definition) is 3. The molecule has 0 aliphatic carbocycles. The highest BCUT2D eigenvalue weighted by atomic mass is 16.5. The van der Waals surface area contributed by atoms with Crippen LogP contribution in [0, 0.1) is 0 Å². The maximum absolute atomic E-state index is 11.6. The minimum atomic E-state index is -0.0120. The van der Waals surface area contributed by atoms with Crippen molar-refractivity contribution < 1.29 is 4.74 Å². The second-order valence-corrected chi connectivity index (χ2v) is 2.66. The summed E-state index contributed by atoms with van der Waals surface area (Å²) >= 11 is 0. The van der Waals surface area contributed by atoms with Crippen LogP contribution in [0.2, 0.25) is 0 Å². The number of aromatic nitrogens is 1. The molecule has 0 fully saturated rings. The fourth-order valence-electron chi connectivity index (χ4n) is 1.09. The molecule has 1 rings (SSSR count). The van der Waals surface area contributed by atoms with Gasteiger partial charge in [0.05, 0.1) is 6.61 Å². The molecular formula is C9H14N2O2. The first-order valence-corrected chi connectivity index (χ1v) is 4.15. The van der Waals surface area contributed by atoms with Gasteiger partial charge in [-0.2, -0.15) is 0 Å². The van der Waals surface area contributed by atoms with Gasteiger partial charge in [0.15, 0.2) is 0 Å². The Morgan fingerprint density at radius 2 is 2.38 bits per heavy atom. The van der Waals surface area contributed by atoms with Gasteiger partial charge < -0.3 is 14.6 Å². The van der Waals surface area contributed by atoms with Gasteiger partial charge in [0.25, 0.3) is 5.56 Å². The quantitative estimate of drug-likeness (QED) is 0.739. The molecule has 0 bridgehead atoms. The number of nitrogens with zero attached hydrogens (tertiary/aromatic N) is 1. The minimum Gasteiger partial charge on any atom is -0.384 e. The predicted octanol–water partition coefficient (Wildman–Crippen LogP) is 0.536. The van der Waals surface area contributed by atoms with Crippen LogP contribution in [0.3, 0.4) is 0 Å². The van der Waals surface area contributed by atoms with Gasteiger partial charge in [-0.1, -0.05) is 0 Å². The highest BCUT2D eigenvalue weighted by molar-refractivity contribution is 5.39. The Kier molecular flexibility index (Phi) is 3.52. The van der Waals surface area contributed by atoms with Crippen molar-refractivity contribution in [2.45, 2.75) is 6.54 Å². The van der Waals surface area contributed by atoms with Crippen molar-refractivity contribution in [1.82, 2.24) is 4.57 Å². The average Bonchev–Trinajstić information content (AvgIpc) is 2.16. The standard InChI is InChI=1S/C9H14N2O2/c1-10-8-4-3-5-11(9(8)12)6-7-13-2/h3-5,10H,6-7H2,1-2H3. The van der Waals surface area contributed by atoms with E-state index in [0.29, 0.717) is 18.8 Å². The number of methoxy groups -OCH3 is 1. The summed E-state index contributed by atoms with van der Waals surface area (Å²) in [6.07, 6.45) is 1.75. The molecule has 0 atom stereocenters. The smallest absolute Gasteiger partial charge is 0.273 e. The fourth-order valence-corrected chi connectivity index (χ4v) is 1.09. The Hall–Kier alpha value is -1.29. The molecular weight excluding hydrogens is 168 g/mol. The molecule has 0 saturated heterocycles. The highest BCUT2D eigenvalue weighted by Gasteiger charge is 1.99. The monoisotopic (exact) mass is 182 g/mol. The van der Waals surface area contributed by atoms with Gasteiger partial charge >= 0.3 is 0 Å². The Morgan fingerprint density at radius 1 is 1.62 bits per heavy atom. The third-order valence-electron chi connectivity index (χ3n) is 1.83. The lowest BCUT2D eigenvalue weighted by Gasteiger charge is -2.06. The van der Waals surface area contributed by atoms with Gasteiger partial charge in [-0.15, -0.1) is 0 Å². The lowest BCUT2D eigenvalue weighted by atomic mass is 10.4. The maximum Gasteiger partial charge on any atom is 0.273 e. The summed E-state index contributed by atoms with van der Waals surface area (Å²) in [5, 5.41) is 2.84. The average molecular weight is 182 g/mol. The van der Waals surface area contributed by atoms with Crippen LogP contribution in [0.15, 0.2) is 23.1 Å². The Labute approximate surface area is 77.1 Å². The van der Waals surface area contributed by atoms with E-state index in [2.05, 4.69) is 5.32 Å². The predicted molar refractivity (Wildman–Crippen MR) is 52.1 cm³/mol. The molecule has 1 N–H and O–H groups in total. The zero-order chi connectivity index (χ0) is 9.68. The van der Waals surface area contributed by atoms with Crippen molar-refractivity contribution in [3.8, 4) is 0 Å². The van der Waals surface area contributed by atoms with Gasteiger partial charge in [0, 0.05) is 26.9 Å². The highest BCUT2D eigenvalue weighted by Crippen LogP contribution is 1.96. The summed E-state index contributed by atoms with van der Waals surface area (Å²) in [4.78, 5) is 11.6. The van der Waals surface area contributed by atoms with Gasteiger partial charge in [-0.25, -0.2) is 0 Å². The lowest BCUT2D eigenvalue weighted by Crippen LogP contribution is -2.23. The van der Waals surface area contributed by atoms with E-state index in [1.807, 2.05) is 6.07 Å². The molecule has 0 amide bonds. The van der Waals surface area contributed by atoms with Crippen molar-refractivity contribution in [2.75, 3.05) is 26.1 Å². The summed E-state index contributed by atoms with van der Waals surface area (Å²) in [5.41, 5.74) is 0.598. The largest absolute Gasteiger partial charge is 0.384 e. The summed E-state index contributed by atoms with van der Waals surface area (Å²) < 4.78 is 6.51. The summed E-state index contributed by atoms with van der Waals surface area (Å²) in [6.45, 7) is 1.14. The molecule has 0 spiro atoms. The SMILES string of the molecule is CNc1cccn(CCOC)c1=O. The van der Waals surface area contributed by atoms with Crippen LogP contribution in [-0.2, 0) is 11.3 Å². The van der Waals surface area contributed by atoms with E-state index < -0.39 is 0 Å². The normalized spacial score (nSPS) is 10.0. The van der Waals surface area contributed by atoms with E-state index in [0.717, 1.165) is 0 Å². The van der Waals surface area contributed by atoms with E-state index in [1.54, 1.807) is 31.0 Å². The molecule has 13 heavy (non-hydrogen) atoms. The second-order valence-electron chi connectivity index (χ2n) is 2.66. The molecule has 1 heterocycles. The molecule has 0 aromatic carbocycles. The third kappa shape index (κ3) is 2.32. The van der Waals surface area contributed by atoms with Gasteiger partial charge in [-0.05, 0) is 12.1 Å². The summed E-state index contributed by atoms with van der Waals surface area (Å²) in [7, 11) is 3.35. The number of hydrogen-bond donors (Lipinski definition) is 1. The van der Waals surface area contributed by atoms with Crippen LogP contribution in [0.4, 0.5) is 5.69 Å². The third-order valence-corrected chi connectivity index (χ3v) is 1.83. The molecule has 0 aliphatic rings. The Balaban J connectivity index is 2.88. The Bertz CT molecular complexity index is 320. The first kappa shape index (κ1) is 9.80. The van der Waals surface area contributed by atoms with Crippen LogP contribution in [0.5, 0.6) is 0 Å². The number of pyridine rings is 1. The molecule has 0 unspecified atom stereocenters. The van der Waals surface area contributed by atoms with Crippen LogP contribution in [0.25, 0.3) is 0 Å². The van der Waals surface area contributed by atoms with Crippen molar-refractivity contribution in [3.05, 3.63) is 28.7 Å². The van der Waals surface area contributed by atoms with Crippen LogP contribution >= 0.6 is 0 Å². The maximum atomic E-state index is 11.6. The van der Waals surface area contributed by atoms with Crippen LogP contribution < -0.4 is 10.9 Å². The summed E-state index contributed by atoms with van der Waals surface area (Å²) in [6, 6.07) is 3.59. The first-order chi connectivity index (χ1) is 6.29. The first-order valence-electron chi connectivity index (χ1n) is 4.15. The number of rotatable bonds is 4. The van der Waals surface area contributed by atoms with Crippen LogP contribution in [0.1, 0.15) is 0 Å². The fraction of sp³-hybridized carbons (Fsp3) is 0.444. The number of nitrogens with one attached hydrogen (secondary N) is 1. The lowest BCUT2D eigenvalue weighted by molar-refractivity contribution is 0.186. The second kappa shape index (κ2) is 4.67. The number of ether oxygens (including phenoxy) is 1. The van der Waals surface area contributed by atoms with E-state index in [-0.39, 0.29) is 5.56 Å². The van der Waals surface area contributed by atoms with Crippen molar-refractivity contribution in [2.24, 2.45) is 0 Å². The molecule has 0 aliphatic heterocycles. The van der Waals surface area contributed by atoms with Crippen molar-refractivity contribution in [1.29, 1.82) is 0 Å². The molecule has 72 valence electrons. The van der Waals surface area contributed by atoms with Crippen molar-refractivity contribution >= 4 is 5.69 Å². The van der Waals surface area contributed by atoms with E-state index in [1.165, 1.54) is 0 Å². The van der Waals surface area contributed by atoms with Gasteiger partial charge in [0.2, 0.25) is 0 Å². The van der Waals surface area contributed by atoms with E-state index >= 15 is 0 Å². The Morgan fingerprint density at radius 3 is 3.00 bits per heavy atom. The van der Waals surface area contributed by atoms with Crippen molar-refractivity contribution in [3.63, 3.8) is 0 Å². The molecule has 4 heteroatoms. The van der Waals surface area contributed by atoms with Gasteiger partial charge in [-0.3, -0.25) is 4.79 Å². The van der Waals surface area contributed by atoms with Crippen LogP contribution in [-0.4, -0.2) is 25.3 Å². The molecule has 0 radical (unpaired) electrons. The number of anilines is 1. The van der Waals surface area contributed by atoms with E-state index in [4.69, 9.17) is 4.74 Å². The molecule has 4 nitrogen and oxygen atoms in total. The molecule has 1 aromatic rings.